The highest BCUT2D eigenvalue weighted by molar-refractivity contribution is 6.44. The van der Waals surface area contributed by atoms with Crippen molar-refractivity contribution >= 4 is 17.5 Å². The van der Waals surface area contributed by atoms with Crippen molar-refractivity contribution in [3.63, 3.8) is 0 Å². The molecule has 1 aliphatic heterocycles. The van der Waals surface area contributed by atoms with Crippen LogP contribution in [-0.4, -0.2) is 56.7 Å². The van der Waals surface area contributed by atoms with Gasteiger partial charge >= 0.3 is 0 Å². The molecule has 2 atom stereocenters. The molecule has 7 heteroatoms. The van der Waals surface area contributed by atoms with Crippen LogP contribution < -0.4 is 14.6 Å². The zero-order chi connectivity index (χ0) is 21.0. The van der Waals surface area contributed by atoms with Gasteiger partial charge in [-0.25, -0.2) is 4.98 Å². The Labute approximate surface area is 170 Å². The van der Waals surface area contributed by atoms with Crippen molar-refractivity contribution in [2.24, 2.45) is 5.92 Å². The van der Waals surface area contributed by atoms with Gasteiger partial charge in [0.2, 0.25) is 5.78 Å². The van der Waals surface area contributed by atoms with Crippen molar-refractivity contribution in [3.8, 4) is 5.75 Å². The number of carbonyl (C=O) groups is 3. The van der Waals surface area contributed by atoms with Gasteiger partial charge in [-0.15, -0.1) is 0 Å². The molecule has 2 unspecified atom stereocenters. The normalized spacial score (nSPS) is 19.1. The summed E-state index contributed by atoms with van der Waals surface area (Å²) in [5.41, 5.74) is 1.10. The third-order valence-electron chi connectivity index (χ3n) is 5.19. The standard InChI is InChI=1S/C22H25N3O4/c1-24(2)11-6-12-25-19(16-8-5-10-23-14-16)18(21(27)22(25)28)20(26)15-7-4-9-17(13-15)29-3/h4-5,7-10,13-14,18-19H,6,11-12H2,1-3H3/p+2. The molecule has 1 amide bonds. The number of nitrogens with one attached hydrogen (secondary N) is 2. The minimum Gasteiger partial charge on any atom is -0.497 e. The molecule has 2 heterocycles. The molecule has 7 nitrogen and oxygen atoms in total. The fourth-order valence-corrected chi connectivity index (χ4v) is 3.75. The van der Waals surface area contributed by atoms with Gasteiger partial charge < -0.3 is 14.5 Å². The molecule has 1 aromatic heterocycles. The van der Waals surface area contributed by atoms with Gasteiger partial charge in [-0.1, -0.05) is 12.1 Å². The number of aromatic amines is 1. The Morgan fingerprint density at radius 2 is 2.00 bits per heavy atom. The van der Waals surface area contributed by atoms with Crippen molar-refractivity contribution in [2.75, 3.05) is 34.3 Å². The first-order valence-electron chi connectivity index (χ1n) is 9.72. The molecule has 1 aromatic carbocycles. The molecular weight excluding hydrogens is 370 g/mol. The third-order valence-corrected chi connectivity index (χ3v) is 5.19. The molecule has 0 spiro atoms. The van der Waals surface area contributed by atoms with Crippen LogP contribution in [-0.2, 0) is 9.59 Å². The van der Waals surface area contributed by atoms with Gasteiger partial charge in [0.15, 0.2) is 18.2 Å². The van der Waals surface area contributed by atoms with Gasteiger partial charge in [-0.2, -0.15) is 0 Å². The van der Waals surface area contributed by atoms with Crippen molar-refractivity contribution < 1.29 is 29.0 Å². The van der Waals surface area contributed by atoms with Crippen LogP contribution in [0.1, 0.15) is 28.4 Å². The second kappa shape index (κ2) is 8.96. The molecule has 0 bridgehead atoms. The molecule has 152 valence electrons. The maximum Gasteiger partial charge on any atom is 0.291 e. The molecule has 0 radical (unpaired) electrons. The Kier molecular flexibility index (Phi) is 6.39. The highest BCUT2D eigenvalue weighted by Crippen LogP contribution is 2.38. The van der Waals surface area contributed by atoms with E-state index in [2.05, 4.69) is 4.98 Å². The molecule has 29 heavy (non-hydrogen) atoms. The number of methoxy groups -OCH3 is 1. The predicted octanol–water partition coefficient (Wildman–Crippen LogP) is -0.00460. The van der Waals surface area contributed by atoms with E-state index in [1.165, 1.54) is 12.0 Å². The van der Waals surface area contributed by atoms with Gasteiger partial charge in [-0.3, -0.25) is 14.4 Å². The second-order valence-corrected chi connectivity index (χ2v) is 7.53. The van der Waals surface area contributed by atoms with Crippen molar-refractivity contribution in [1.29, 1.82) is 0 Å². The number of pyridine rings is 1. The van der Waals surface area contributed by atoms with E-state index in [9.17, 15) is 14.4 Å². The smallest absolute Gasteiger partial charge is 0.291 e. The molecule has 0 saturated carbocycles. The van der Waals surface area contributed by atoms with Crippen molar-refractivity contribution in [2.45, 2.75) is 12.5 Å². The average molecular weight is 397 g/mol. The number of hydrogen-bond donors (Lipinski definition) is 1. The lowest BCUT2D eigenvalue weighted by atomic mass is 9.87. The maximum absolute atomic E-state index is 13.3. The first-order chi connectivity index (χ1) is 13.9. The van der Waals surface area contributed by atoms with E-state index >= 15 is 0 Å². The summed E-state index contributed by atoms with van der Waals surface area (Å²) in [5, 5.41) is 0. The first-order valence-corrected chi connectivity index (χ1v) is 9.72. The number of ketones is 2. The minimum atomic E-state index is -1.07. The number of benzene rings is 1. The minimum absolute atomic E-state index is 0.361. The Morgan fingerprint density at radius 3 is 2.66 bits per heavy atom. The summed E-state index contributed by atoms with van der Waals surface area (Å²) in [6.07, 6.45) is 4.24. The number of rotatable bonds is 8. The Balaban J connectivity index is 1.97. The first kappa shape index (κ1) is 20.7. The van der Waals surface area contributed by atoms with Crippen LogP contribution in [0.3, 0.4) is 0 Å². The zero-order valence-electron chi connectivity index (χ0n) is 17.0. The van der Waals surface area contributed by atoms with E-state index in [0.29, 0.717) is 17.9 Å². The molecule has 1 aliphatic rings. The summed E-state index contributed by atoms with van der Waals surface area (Å²) in [6.45, 7) is 1.29. The number of Topliss-reactive ketones (excluding diaryl/α,β-unsaturated/α-hetero) is 2. The Morgan fingerprint density at radius 1 is 1.21 bits per heavy atom. The Hall–Kier alpha value is -3.06. The molecule has 0 aliphatic carbocycles. The van der Waals surface area contributed by atoms with Crippen LogP contribution in [0.25, 0.3) is 0 Å². The fourth-order valence-electron chi connectivity index (χ4n) is 3.75. The second-order valence-electron chi connectivity index (χ2n) is 7.53. The van der Waals surface area contributed by atoms with Crippen LogP contribution in [0.4, 0.5) is 0 Å². The number of ether oxygens (including phenoxy) is 1. The van der Waals surface area contributed by atoms with Gasteiger partial charge in [0.05, 0.1) is 33.8 Å². The SMILES string of the molecule is COc1cccc(C(=O)C2C(=O)C(=O)N(CCC[NH+](C)C)C2c2ccc[nH+]c2)c1. The lowest BCUT2D eigenvalue weighted by molar-refractivity contribution is -0.858. The number of aromatic nitrogens is 1. The number of carbonyl (C=O) groups excluding carboxylic acids is 3. The molecule has 2 N–H and O–H groups in total. The highest BCUT2D eigenvalue weighted by atomic mass is 16.5. The van der Waals surface area contributed by atoms with Gasteiger partial charge in [0.25, 0.3) is 5.91 Å². The average Bonchev–Trinajstić information content (AvgIpc) is 2.98. The van der Waals surface area contributed by atoms with E-state index in [0.717, 1.165) is 18.5 Å². The Bertz CT molecular complexity index is 898. The zero-order valence-corrected chi connectivity index (χ0v) is 17.0. The topological polar surface area (TPSA) is 82.3 Å². The summed E-state index contributed by atoms with van der Waals surface area (Å²) >= 11 is 0. The number of hydrogen-bond acceptors (Lipinski definition) is 4. The quantitative estimate of drug-likeness (QED) is 0.386. The summed E-state index contributed by atoms with van der Waals surface area (Å²) in [4.78, 5) is 44.8. The largest absolute Gasteiger partial charge is 0.497 e. The van der Waals surface area contributed by atoms with Crippen LogP contribution >= 0.6 is 0 Å². The summed E-state index contributed by atoms with van der Waals surface area (Å²) in [6, 6.07) is 9.71. The van der Waals surface area contributed by atoms with E-state index in [4.69, 9.17) is 4.74 Å². The van der Waals surface area contributed by atoms with Crippen LogP contribution in [0.15, 0.2) is 48.8 Å². The fraction of sp³-hybridized carbons (Fsp3) is 0.364. The van der Waals surface area contributed by atoms with Crippen molar-refractivity contribution in [3.05, 3.63) is 59.9 Å². The highest BCUT2D eigenvalue weighted by Gasteiger charge is 2.52. The van der Waals surface area contributed by atoms with Crippen molar-refractivity contribution in [1.82, 2.24) is 4.90 Å². The summed E-state index contributed by atoms with van der Waals surface area (Å²) < 4.78 is 5.20. The molecular formula is C22H27N3O4+2. The van der Waals surface area contributed by atoms with Crippen LogP contribution in [0, 0.1) is 5.92 Å². The number of nitrogens with zero attached hydrogens (tertiary/aromatic N) is 1. The van der Waals surface area contributed by atoms with Gasteiger partial charge in [0.1, 0.15) is 11.7 Å². The molecule has 1 saturated heterocycles. The summed E-state index contributed by atoms with van der Waals surface area (Å²) in [7, 11) is 5.59. The van der Waals surface area contributed by atoms with Gasteiger partial charge in [0, 0.05) is 30.2 Å². The number of likely N-dealkylation sites (tertiary alicyclic amines) is 1. The predicted molar refractivity (Wildman–Crippen MR) is 106 cm³/mol. The van der Waals surface area contributed by atoms with E-state index < -0.39 is 23.7 Å². The molecule has 2 aromatic rings. The van der Waals surface area contributed by atoms with E-state index in [1.807, 2.05) is 20.2 Å². The van der Waals surface area contributed by atoms with Crippen LogP contribution in [0.2, 0.25) is 0 Å². The van der Waals surface area contributed by atoms with Crippen LogP contribution in [0.5, 0.6) is 5.75 Å². The number of quaternary nitrogens is 1. The maximum atomic E-state index is 13.3. The lowest BCUT2D eigenvalue weighted by Crippen LogP contribution is -3.05. The number of H-pyrrole nitrogens is 1. The monoisotopic (exact) mass is 397 g/mol. The van der Waals surface area contributed by atoms with E-state index in [1.54, 1.807) is 47.6 Å². The number of amides is 1. The lowest BCUT2D eigenvalue weighted by Gasteiger charge is -2.26. The van der Waals surface area contributed by atoms with E-state index in [-0.39, 0.29) is 5.78 Å². The molecule has 1 fully saturated rings. The summed E-state index contributed by atoms with van der Waals surface area (Å²) in [5.74, 6) is -2.14. The third kappa shape index (κ3) is 4.35. The van der Waals surface area contributed by atoms with Gasteiger partial charge in [-0.05, 0) is 18.2 Å². The molecule has 3 rings (SSSR count).